The number of aliphatic carboxylic acids is 2. The smallest absolute Gasteiger partial charge is 0.317 e. The van der Waals surface area contributed by atoms with Gasteiger partial charge in [-0.3, -0.25) is 19.3 Å². The van der Waals surface area contributed by atoms with Crippen molar-refractivity contribution < 1.29 is 24.6 Å². The highest BCUT2D eigenvalue weighted by Gasteiger charge is 2.25. The molecule has 1 rings (SSSR count). The highest BCUT2D eigenvalue weighted by molar-refractivity contribution is 5.99. The molecule has 0 aliphatic carbocycles. The number of Topliss-reactive ketones (excluding diaryl/α,β-unsaturated/α-hetero) is 1. The lowest BCUT2D eigenvalue weighted by atomic mass is 9.92. The van der Waals surface area contributed by atoms with Gasteiger partial charge in [-0.05, 0) is 38.1 Å². The third-order valence-electron chi connectivity index (χ3n) is 3.52. The van der Waals surface area contributed by atoms with E-state index in [1.165, 1.54) is 4.90 Å². The fraction of sp³-hybridized carbons (Fsp3) is 0.438. The molecule has 0 saturated carbocycles. The van der Waals surface area contributed by atoms with Crippen molar-refractivity contribution in [2.24, 2.45) is 5.92 Å². The Morgan fingerprint density at radius 3 is 2.23 bits per heavy atom. The zero-order chi connectivity index (χ0) is 16.9. The van der Waals surface area contributed by atoms with Gasteiger partial charge in [-0.1, -0.05) is 12.1 Å². The fourth-order valence-corrected chi connectivity index (χ4v) is 2.25. The number of nitrogens with zero attached hydrogens (tertiary/aromatic N) is 1. The highest BCUT2D eigenvalue weighted by Crippen LogP contribution is 2.17. The summed E-state index contributed by atoms with van der Waals surface area (Å²) in [5, 5.41) is 17.7. The molecule has 0 heterocycles. The molecule has 0 fully saturated rings. The van der Waals surface area contributed by atoms with Crippen molar-refractivity contribution in [2.75, 3.05) is 20.1 Å². The second-order valence-electron chi connectivity index (χ2n) is 5.55. The van der Waals surface area contributed by atoms with Crippen molar-refractivity contribution in [3.05, 3.63) is 34.9 Å². The van der Waals surface area contributed by atoms with Crippen molar-refractivity contribution in [1.29, 1.82) is 0 Å². The van der Waals surface area contributed by atoms with E-state index in [1.807, 2.05) is 19.9 Å². The van der Waals surface area contributed by atoms with E-state index in [4.69, 9.17) is 10.2 Å². The van der Waals surface area contributed by atoms with Gasteiger partial charge in [0.15, 0.2) is 5.78 Å². The molecule has 1 atom stereocenters. The third kappa shape index (κ3) is 5.29. The maximum Gasteiger partial charge on any atom is 0.317 e. The Bertz CT molecular complexity index is 582. The van der Waals surface area contributed by atoms with Crippen molar-refractivity contribution >= 4 is 17.7 Å². The summed E-state index contributed by atoms with van der Waals surface area (Å²) in [7, 11) is 1.55. The molecule has 6 nitrogen and oxygen atoms in total. The number of hydrogen-bond acceptors (Lipinski definition) is 4. The van der Waals surface area contributed by atoms with Crippen LogP contribution < -0.4 is 0 Å². The van der Waals surface area contributed by atoms with Crippen LogP contribution in [0, 0.1) is 19.8 Å². The summed E-state index contributed by atoms with van der Waals surface area (Å²) in [5.41, 5.74) is 2.46. The molecule has 0 saturated heterocycles. The monoisotopic (exact) mass is 307 g/mol. The molecule has 22 heavy (non-hydrogen) atoms. The molecular formula is C16H21NO5. The van der Waals surface area contributed by atoms with Crippen LogP contribution in [0.25, 0.3) is 0 Å². The Hall–Kier alpha value is -2.21. The van der Waals surface area contributed by atoms with Crippen molar-refractivity contribution in [2.45, 2.75) is 20.3 Å². The molecule has 0 spiro atoms. The molecular weight excluding hydrogens is 286 g/mol. The largest absolute Gasteiger partial charge is 0.481 e. The molecule has 0 aliphatic heterocycles. The second-order valence-corrected chi connectivity index (χ2v) is 5.55. The molecule has 120 valence electrons. The zero-order valence-electron chi connectivity index (χ0n) is 13.0. The molecule has 1 aromatic carbocycles. The molecule has 0 bridgehead atoms. The zero-order valence-corrected chi connectivity index (χ0v) is 13.0. The quantitative estimate of drug-likeness (QED) is 0.708. The van der Waals surface area contributed by atoms with Crippen LogP contribution >= 0.6 is 0 Å². The van der Waals surface area contributed by atoms with Crippen molar-refractivity contribution in [3.8, 4) is 0 Å². The number of ketones is 1. The van der Waals surface area contributed by atoms with Gasteiger partial charge in [0.25, 0.3) is 0 Å². The van der Waals surface area contributed by atoms with E-state index in [1.54, 1.807) is 19.2 Å². The first-order valence-corrected chi connectivity index (χ1v) is 6.94. The van der Waals surface area contributed by atoms with E-state index in [0.29, 0.717) is 5.56 Å². The predicted octanol–water partition coefficient (Wildman–Crippen LogP) is 1.59. The number of aryl methyl sites for hydroxylation is 2. The van der Waals surface area contributed by atoms with Crippen molar-refractivity contribution in [1.82, 2.24) is 4.90 Å². The lowest BCUT2D eigenvalue weighted by Gasteiger charge is -2.21. The van der Waals surface area contributed by atoms with Crippen LogP contribution in [0.3, 0.4) is 0 Å². The number of hydrogen-bond donors (Lipinski definition) is 2. The number of carbonyl (C=O) groups is 3. The first-order valence-electron chi connectivity index (χ1n) is 6.94. The van der Waals surface area contributed by atoms with Gasteiger partial charge in [-0.25, -0.2) is 0 Å². The molecule has 6 heteroatoms. The van der Waals surface area contributed by atoms with E-state index < -0.39 is 17.9 Å². The van der Waals surface area contributed by atoms with Crippen LogP contribution in [0.2, 0.25) is 0 Å². The Morgan fingerprint density at radius 2 is 1.73 bits per heavy atom. The lowest BCUT2D eigenvalue weighted by Crippen LogP contribution is -2.35. The first-order chi connectivity index (χ1) is 10.2. The van der Waals surface area contributed by atoms with Gasteiger partial charge in [0.05, 0.1) is 13.0 Å². The molecule has 0 aliphatic rings. The number of likely N-dealkylation sites (N-methyl/N-ethyl adjacent to an activating group) is 1. The molecule has 0 radical (unpaired) electrons. The fourth-order valence-electron chi connectivity index (χ4n) is 2.25. The van der Waals surface area contributed by atoms with Crippen LogP contribution in [-0.2, 0) is 9.59 Å². The van der Waals surface area contributed by atoms with E-state index >= 15 is 0 Å². The number of benzene rings is 1. The Balaban J connectivity index is 2.94. The molecule has 2 N–H and O–H groups in total. The molecule has 0 amide bonds. The summed E-state index contributed by atoms with van der Waals surface area (Å²) in [6.07, 6.45) is -0.324. The van der Waals surface area contributed by atoms with E-state index in [0.717, 1.165) is 11.1 Å². The highest BCUT2D eigenvalue weighted by atomic mass is 16.4. The maximum atomic E-state index is 12.5. The Labute approximate surface area is 129 Å². The number of carbonyl (C=O) groups excluding carboxylic acids is 1. The van der Waals surface area contributed by atoms with E-state index in [-0.39, 0.29) is 25.3 Å². The predicted molar refractivity (Wildman–Crippen MR) is 81.1 cm³/mol. The minimum absolute atomic E-state index is 0.0877. The SMILES string of the molecule is Cc1ccc(C(=O)C(CC(=O)O)CN(C)CC(=O)O)cc1C. The van der Waals surface area contributed by atoms with Gasteiger partial charge < -0.3 is 10.2 Å². The Kier molecular flexibility index (Phi) is 6.24. The molecule has 0 aromatic heterocycles. The summed E-state index contributed by atoms with van der Waals surface area (Å²) < 4.78 is 0. The summed E-state index contributed by atoms with van der Waals surface area (Å²) in [6.45, 7) is 3.66. The normalized spacial score (nSPS) is 12.2. The van der Waals surface area contributed by atoms with Gasteiger partial charge in [-0.2, -0.15) is 0 Å². The van der Waals surface area contributed by atoms with E-state index in [2.05, 4.69) is 0 Å². The van der Waals surface area contributed by atoms with Crippen LogP contribution in [0.5, 0.6) is 0 Å². The van der Waals surface area contributed by atoms with Gasteiger partial charge in [0.1, 0.15) is 0 Å². The summed E-state index contributed by atoms with van der Waals surface area (Å²) in [4.78, 5) is 35.6. The standard InChI is InChI=1S/C16H21NO5/c1-10-4-5-12(6-11(10)2)16(22)13(7-14(18)19)8-17(3)9-15(20)21/h4-6,13H,7-9H2,1-3H3,(H,18,19)(H,20,21). The van der Waals surface area contributed by atoms with E-state index in [9.17, 15) is 14.4 Å². The number of rotatable bonds is 8. The number of carboxylic acid groups (broad SMARTS) is 2. The second kappa shape index (κ2) is 7.70. The minimum Gasteiger partial charge on any atom is -0.481 e. The summed E-state index contributed by atoms with van der Waals surface area (Å²) in [5.74, 6) is -3.15. The van der Waals surface area contributed by atoms with Gasteiger partial charge in [0.2, 0.25) is 0 Å². The Morgan fingerprint density at radius 1 is 1.09 bits per heavy atom. The summed E-state index contributed by atoms with van der Waals surface area (Å²) in [6, 6.07) is 5.24. The number of carboxylic acids is 2. The maximum absolute atomic E-state index is 12.5. The lowest BCUT2D eigenvalue weighted by molar-refractivity contribution is -0.138. The molecule has 1 aromatic rings. The van der Waals surface area contributed by atoms with Gasteiger partial charge >= 0.3 is 11.9 Å². The van der Waals surface area contributed by atoms with Crippen LogP contribution in [0.4, 0.5) is 0 Å². The van der Waals surface area contributed by atoms with Crippen LogP contribution in [0.1, 0.15) is 27.9 Å². The minimum atomic E-state index is -1.08. The summed E-state index contributed by atoms with van der Waals surface area (Å²) >= 11 is 0. The van der Waals surface area contributed by atoms with Crippen LogP contribution in [0.15, 0.2) is 18.2 Å². The third-order valence-corrected chi connectivity index (χ3v) is 3.52. The molecule has 1 unspecified atom stereocenters. The van der Waals surface area contributed by atoms with Crippen molar-refractivity contribution in [3.63, 3.8) is 0 Å². The average Bonchev–Trinajstić information content (AvgIpc) is 2.39. The van der Waals surface area contributed by atoms with Crippen LogP contribution in [-0.4, -0.2) is 53.0 Å². The van der Waals surface area contributed by atoms with Gasteiger partial charge in [0, 0.05) is 18.0 Å². The average molecular weight is 307 g/mol. The first kappa shape index (κ1) is 17.8. The van der Waals surface area contributed by atoms with Gasteiger partial charge in [-0.15, -0.1) is 0 Å². The topological polar surface area (TPSA) is 94.9 Å².